The number of piperidine rings is 2. The van der Waals surface area contributed by atoms with Gasteiger partial charge >= 0.3 is 0 Å². The van der Waals surface area contributed by atoms with Gasteiger partial charge in [0.05, 0.1) is 6.10 Å². The molecule has 0 bridgehead atoms. The van der Waals surface area contributed by atoms with Gasteiger partial charge in [0.15, 0.2) is 11.6 Å². The molecule has 2 aliphatic heterocycles. The third kappa shape index (κ3) is 3.58. The van der Waals surface area contributed by atoms with Crippen LogP contribution < -0.4 is 9.80 Å². The molecule has 2 aromatic heterocycles. The largest absolute Gasteiger partial charge is 0.393 e. The number of nitrogens with zero attached hydrogens (tertiary/aromatic N) is 6. The first-order valence-corrected chi connectivity index (χ1v) is 9.92. The van der Waals surface area contributed by atoms with Crippen LogP contribution in [0.5, 0.6) is 0 Å². The average Bonchev–Trinajstić information content (AvgIpc) is 2.68. The highest BCUT2D eigenvalue weighted by Gasteiger charge is 2.23. The lowest BCUT2D eigenvalue weighted by molar-refractivity contribution is 0.193. The van der Waals surface area contributed by atoms with E-state index in [0.717, 1.165) is 48.8 Å². The van der Waals surface area contributed by atoms with E-state index >= 15 is 0 Å². The summed E-state index contributed by atoms with van der Waals surface area (Å²) in [7, 11) is 0. The number of aromatic nitrogens is 4. The van der Waals surface area contributed by atoms with Crippen molar-refractivity contribution in [3.63, 3.8) is 0 Å². The summed E-state index contributed by atoms with van der Waals surface area (Å²) in [6.07, 6.45) is 8.93. The molecule has 2 aromatic rings. The summed E-state index contributed by atoms with van der Waals surface area (Å²) in [5.41, 5.74) is 1.68. The first-order valence-electron chi connectivity index (χ1n) is 9.92. The number of aliphatic hydroxyl groups is 1. The van der Waals surface area contributed by atoms with Crippen LogP contribution in [-0.4, -0.2) is 57.3 Å². The van der Waals surface area contributed by atoms with Crippen molar-refractivity contribution >= 4 is 22.7 Å². The SMILES string of the molecule is CC(O)Cc1nc(N2CCCCC2)c2ncnc(N3CCCCC3)c2n1. The summed E-state index contributed by atoms with van der Waals surface area (Å²) in [4.78, 5) is 23.4. The van der Waals surface area contributed by atoms with Crippen LogP contribution in [0.1, 0.15) is 51.3 Å². The van der Waals surface area contributed by atoms with Gasteiger partial charge in [0.2, 0.25) is 0 Å². The van der Waals surface area contributed by atoms with E-state index in [9.17, 15) is 5.11 Å². The molecule has 7 heteroatoms. The van der Waals surface area contributed by atoms with Gasteiger partial charge in [-0.2, -0.15) is 0 Å². The molecule has 0 aromatic carbocycles. The smallest absolute Gasteiger partial charge is 0.159 e. The maximum Gasteiger partial charge on any atom is 0.159 e. The van der Waals surface area contributed by atoms with Crippen LogP contribution >= 0.6 is 0 Å². The fourth-order valence-electron chi connectivity index (χ4n) is 3.98. The Morgan fingerprint density at radius 2 is 1.46 bits per heavy atom. The summed E-state index contributed by atoms with van der Waals surface area (Å²) < 4.78 is 0. The lowest BCUT2D eigenvalue weighted by Gasteiger charge is -2.30. The number of fused-ring (bicyclic) bond motifs is 1. The van der Waals surface area contributed by atoms with Crippen LogP contribution in [0.3, 0.4) is 0 Å². The number of aliphatic hydroxyl groups excluding tert-OH is 1. The highest BCUT2D eigenvalue weighted by molar-refractivity contribution is 5.93. The van der Waals surface area contributed by atoms with Gasteiger partial charge in [0, 0.05) is 32.6 Å². The Labute approximate surface area is 154 Å². The van der Waals surface area contributed by atoms with Crippen molar-refractivity contribution in [3.05, 3.63) is 12.2 Å². The number of hydrogen-bond donors (Lipinski definition) is 1. The van der Waals surface area contributed by atoms with Gasteiger partial charge in [-0.25, -0.2) is 19.9 Å². The van der Waals surface area contributed by atoms with Gasteiger partial charge in [-0.05, 0) is 45.4 Å². The molecule has 0 saturated carbocycles. The van der Waals surface area contributed by atoms with Crippen LogP contribution in [0.2, 0.25) is 0 Å². The maximum absolute atomic E-state index is 9.86. The Bertz CT molecular complexity index is 753. The minimum absolute atomic E-state index is 0.450. The summed E-state index contributed by atoms with van der Waals surface area (Å²) >= 11 is 0. The van der Waals surface area contributed by atoms with Gasteiger partial charge in [-0.1, -0.05) is 0 Å². The minimum Gasteiger partial charge on any atom is -0.393 e. The van der Waals surface area contributed by atoms with Gasteiger partial charge in [-0.3, -0.25) is 0 Å². The normalized spacial score (nSPS) is 19.8. The lowest BCUT2D eigenvalue weighted by Crippen LogP contribution is -2.32. The predicted octanol–water partition coefficient (Wildman–Crippen LogP) is 2.32. The van der Waals surface area contributed by atoms with Crippen molar-refractivity contribution in [3.8, 4) is 0 Å². The fraction of sp³-hybridized carbons (Fsp3) is 0.684. The Morgan fingerprint density at radius 3 is 2.08 bits per heavy atom. The topological polar surface area (TPSA) is 78.3 Å². The molecule has 0 radical (unpaired) electrons. The maximum atomic E-state index is 9.86. The minimum atomic E-state index is -0.468. The van der Waals surface area contributed by atoms with Crippen molar-refractivity contribution in [1.29, 1.82) is 0 Å². The fourth-order valence-corrected chi connectivity index (χ4v) is 3.98. The van der Waals surface area contributed by atoms with Crippen molar-refractivity contribution < 1.29 is 5.11 Å². The van der Waals surface area contributed by atoms with E-state index in [-0.39, 0.29) is 0 Å². The Balaban J connectivity index is 1.82. The number of rotatable bonds is 4. The Kier molecular flexibility index (Phi) is 5.15. The Hall–Kier alpha value is -2.02. The van der Waals surface area contributed by atoms with Crippen molar-refractivity contribution in [2.75, 3.05) is 36.0 Å². The van der Waals surface area contributed by atoms with Gasteiger partial charge in [0.1, 0.15) is 23.2 Å². The van der Waals surface area contributed by atoms with E-state index in [2.05, 4.69) is 19.8 Å². The molecule has 1 atom stereocenters. The number of anilines is 2. The van der Waals surface area contributed by atoms with Crippen molar-refractivity contribution in [1.82, 2.24) is 19.9 Å². The van der Waals surface area contributed by atoms with Crippen LogP contribution in [0.25, 0.3) is 11.0 Å². The molecule has 2 saturated heterocycles. The van der Waals surface area contributed by atoms with Crippen LogP contribution in [0.15, 0.2) is 6.33 Å². The molecule has 1 N–H and O–H groups in total. The zero-order chi connectivity index (χ0) is 17.9. The quantitative estimate of drug-likeness (QED) is 0.900. The number of hydrogen-bond acceptors (Lipinski definition) is 7. The zero-order valence-corrected chi connectivity index (χ0v) is 15.6. The molecule has 4 rings (SSSR count). The van der Waals surface area contributed by atoms with E-state index in [4.69, 9.17) is 9.97 Å². The molecule has 7 nitrogen and oxygen atoms in total. The van der Waals surface area contributed by atoms with Crippen LogP contribution in [0, 0.1) is 0 Å². The summed E-state index contributed by atoms with van der Waals surface area (Å²) in [5, 5.41) is 9.86. The summed E-state index contributed by atoms with van der Waals surface area (Å²) in [5.74, 6) is 2.51. The second kappa shape index (κ2) is 7.70. The molecule has 26 heavy (non-hydrogen) atoms. The van der Waals surface area contributed by atoms with Gasteiger partial charge < -0.3 is 14.9 Å². The van der Waals surface area contributed by atoms with Gasteiger partial charge in [0.25, 0.3) is 0 Å². The van der Waals surface area contributed by atoms with Crippen LogP contribution in [0.4, 0.5) is 11.6 Å². The summed E-state index contributed by atoms with van der Waals surface area (Å²) in [6, 6.07) is 0. The molecule has 0 amide bonds. The first kappa shape index (κ1) is 17.4. The lowest BCUT2D eigenvalue weighted by atomic mass is 10.1. The molecule has 1 unspecified atom stereocenters. The third-order valence-corrected chi connectivity index (χ3v) is 5.28. The zero-order valence-electron chi connectivity index (χ0n) is 15.6. The predicted molar refractivity (Wildman–Crippen MR) is 103 cm³/mol. The highest BCUT2D eigenvalue weighted by Crippen LogP contribution is 2.30. The molecule has 140 valence electrons. The van der Waals surface area contributed by atoms with Crippen molar-refractivity contribution in [2.45, 2.75) is 58.0 Å². The molecule has 2 aliphatic rings. The van der Waals surface area contributed by atoms with E-state index in [0.29, 0.717) is 12.2 Å². The van der Waals surface area contributed by atoms with E-state index < -0.39 is 6.10 Å². The molecule has 2 fully saturated rings. The molecule has 0 spiro atoms. The monoisotopic (exact) mass is 356 g/mol. The second-order valence-electron chi connectivity index (χ2n) is 7.51. The average molecular weight is 356 g/mol. The van der Waals surface area contributed by atoms with Crippen molar-refractivity contribution in [2.24, 2.45) is 0 Å². The van der Waals surface area contributed by atoms with E-state index in [1.807, 2.05) is 0 Å². The Morgan fingerprint density at radius 1 is 0.846 bits per heavy atom. The van der Waals surface area contributed by atoms with Gasteiger partial charge in [-0.15, -0.1) is 0 Å². The van der Waals surface area contributed by atoms with E-state index in [1.165, 1.54) is 38.5 Å². The standard InChI is InChI=1S/C19H28N6O/c1-14(26)12-15-22-17-16(19(23-15)25-10-6-3-7-11-25)20-13-21-18(17)24-8-4-2-5-9-24/h13-14,26H,2-12H2,1H3. The molecule has 0 aliphatic carbocycles. The van der Waals surface area contributed by atoms with Crippen LogP contribution in [-0.2, 0) is 6.42 Å². The third-order valence-electron chi connectivity index (χ3n) is 5.28. The molecular formula is C19H28N6O. The second-order valence-corrected chi connectivity index (χ2v) is 7.51. The summed E-state index contributed by atoms with van der Waals surface area (Å²) in [6.45, 7) is 5.82. The molecule has 4 heterocycles. The first-order chi connectivity index (χ1) is 12.7. The van der Waals surface area contributed by atoms with E-state index in [1.54, 1.807) is 13.3 Å². The molecular weight excluding hydrogens is 328 g/mol. The highest BCUT2D eigenvalue weighted by atomic mass is 16.3.